The van der Waals surface area contributed by atoms with Crippen molar-refractivity contribution in [3.05, 3.63) is 59.1 Å². The first-order chi connectivity index (χ1) is 11.4. The Hall–Kier alpha value is -2.20. The van der Waals surface area contributed by atoms with Crippen LogP contribution in [0.4, 0.5) is 5.69 Å². The van der Waals surface area contributed by atoms with E-state index in [4.69, 9.17) is 16.3 Å². The van der Waals surface area contributed by atoms with Crippen LogP contribution in [0.3, 0.4) is 0 Å². The van der Waals surface area contributed by atoms with Crippen LogP contribution in [0, 0.1) is 0 Å². The molecule has 0 radical (unpaired) electrons. The molecular weight excluding hydrogens is 324 g/mol. The smallest absolute Gasteiger partial charge is 0.263 e. The van der Waals surface area contributed by atoms with Crippen LogP contribution in [0.2, 0.25) is 5.02 Å². The van der Waals surface area contributed by atoms with Crippen molar-refractivity contribution in [3.63, 3.8) is 0 Å². The number of nitrogens with zero attached hydrogens (tertiary/aromatic N) is 2. The van der Waals surface area contributed by atoms with Crippen LogP contribution in [0.15, 0.2) is 48.5 Å². The number of amides is 1. The summed E-state index contributed by atoms with van der Waals surface area (Å²) in [4.78, 5) is 16.2. The minimum atomic E-state index is -0.575. The van der Waals surface area contributed by atoms with Gasteiger partial charge in [-0.3, -0.25) is 4.79 Å². The number of anilines is 1. The molecule has 0 N–H and O–H groups in total. The van der Waals surface area contributed by atoms with Crippen molar-refractivity contribution in [2.75, 3.05) is 26.0 Å². The number of hydrogen-bond donors (Lipinski definition) is 0. The highest BCUT2D eigenvalue weighted by molar-refractivity contribution is 6.30. The van der Waals surface area contributed by atoms with Crippen molar-refractivity contribution >= 4 is 23.2 Å². The van der Waals surface area contributed by atoms with Crippen LogP contribution in [-0.4, -0.2) is 38.1 Å². The summed E-state index contributed by atoms with van der Waals surface area (Å²) in [5.74, 6) is 0.513. The summed E-state index contributed by atoms with van der Waals surface area (Å²) < 4.78 is 5.68. The SMILES string of the molecule is C[C@H](Oc1cccc(Cl)c1)C(=O)N(C)Cc1ccc(N(C)C)cc1. The van der Waals surface area contributed by atoms with Gasteiger partial charge in [0.2, 0.25) is 0 Å². The molecular formula is C19H23ClN2O2. The van der Waals surface area contributed by atoms with E-state index in [0.717, 1.165) is 11.3 Å². The number of carbonyl (C=O) groups is 1. The van der Waals surface area contributed by atoms with Crippen molar-refractivity contribution in [2.24, 2.45) is 0 Å². The first-order valence-corrected chi connectivity index (χ1v) is 8.18. The van der Waals surface area contributed by atoms with Crippen molar-refractivity contribution in [1.82, 2.24) is 4.90 Å². The lowest BCUT2D eigenvalue weighted by Gasteiger charge is -2.22. The molecule has 0 fully saturated rings. The van der Waals surface area contributed by atoms with Crippen LogP contribution >= 0.6 is 11.6 Å². The molecule has 0 unspecified atom stereocenters. The highest BCUT2D eigenvalue weighted by atomic mass is 35.5. The topological polar surface area (TPSA) is 32.8 Å². The number of carbonyl (C=O) groups excluding carboxylic acids is 1. The van der Waals surface area contributed by atoms with E-state index in [1.807, 2.05) is 43.3 Å². The van der Waals surface area contributed by atoms with Gasteiger partial charge in [-0.15, -0.1) is 0 Å². The molecule has 2 aromatic rings. The maximum atomic E-state index is 12.5. The number of halogens is 1. The van der Waals surface area contributed by atoms with Gasteiger partial charge < -0.3 is 14.5 Å². The molecule has 128 valence electrons. The van der Waals surface area contributed by atoms with E-state index >= 15 is 0 Å². The quantitative estimate of drug-likeness (QED) is 0.796. The van der Waals surface area contributed by atoms with Crippen LogP contribution in [-0.2, 0) is 11.3 Å². The molecule has 0 aliphatic heterocycles. The van der Waals surface area contributed by atoms with E-state index in [-0.39, 0.29) is 5.91 Å². The third-order valence-electron chi connectivity index (χ3n) is 3.71. The molecule has 0 spiro atoms. The molecule has 2 aromatic carbocycles. The normalized spacial score (nSPS) is 11.7. The van der Waals surface area contributed by atoms with Gasteiger partial charge in [0, 0.05) is 38.4 Å². The van der Waals surface area contributed by atoms with Crippen molar-refractivity contribution < 1.29 is 9.53 Å². The van der Waals surface area contributed by atoms with Crippen LogP contribution in [0.25, 0.3) is 0 Å². The Morgan fingerprint density at radius 2 is 1.79 bits per heavy atom. The summed E-state index contributed by atoms with van der Waals surface area (Å²) in [6, 6.07) is 15.2. The lowest BCUT2D eigenvalue weighted by atomic mass is 10.2. The number of hydrogen-bond acceptors (Lipinski definition) is 3. The average Bonchev–Trinajstić information content (AvgIpc) is 2.54. The van der Waals surface area contributed by atoms with Gasteiger partial charge in [0.1, 0.15) is 5.75 Å². The van der Waals surface area contributed by atoms with Gasteiger partial charge in [-0.05, 0) is 42.8 Å². The molecule has 0 heterocycles. The molecule has 0 saturated heterocycles. The number of ether oxygens (including phenoxy) is 1. The molecule has 0 aliphatic carbocycles. The fraction of sp³-hybridized carbons (Fsp3) is 0.316. The van der Waals surface area contributed by atoms with E-state index in [1.165, 1.54) is 0 Å². The maximum Gasteiger partial charge on any atom is 0.263 e. The Morgan fingerprint density at radius 3 is 2.38 bits per heavy atom. The second-order valence-electron chi connectivity index (χ2n) is 5.97. The molecule has 2 rings (SSSR count). The van der Waals surface area contributed by atoms with Crippen molar-refractivity contribution in [1.29, 1.82) is 0 Å². The fourth-order valence-electron chi connectivity index (χ4n) is 2.36. The highest BCUT2D eigenvalue weighted by Crippen LogP contribution is 2.19. The lowest BCUT2D eigenvalue weighted by Crippen LogP contribution is -2.37. The van der Waals surface area contributed by atoms with Gasteiger partial charge in [-0.1, -0.05) is 29.8 Å². The second kappa shape index (κ2) is 8.06. The summed E-state index contributed by atoms with van der Waals surface area (Å²) in [5.41, 5.74) is 2.21. The van der Waals surface area contributed by atoms with Gasteiger partial charge in [0.05, 0.1) is 0 Å². The monoisotopic (exact) mass is 346 g/mol. The first-order valence-electron chi connectivity index (χ1n) is 7.80. The summed E-state index contributed by atoms with van der Waals surface area (Å²) >= 11 is 5.93. The van der Waals surface area contributed by atoms with E-state index in [9.17, 15) is 4.79 Å². The van der Waals surface area contributed by atoms with Gasteiger partial charge in [-0.2, -0.15) is 0 Å². The molecule has 1 atom stereocenters. The Morgan fingerprint density at radius 1 is 1.12 bits per heavy atom. The van der Waals surface area contributed by atoms with Crippen molar-refractivity contribution in [3.8, 4) is 5.75 Å². The number of benzene rings is 2. The predicted molar refractivity (Wildman–Crippen MR) is 98.8 cm³/mol. The Kier molecular flexibility index (Phi) is 6.10. The third kappa shape index (κ3) is 4.90. The first kappa shape index (κ1) is 18.1. The largest absolute Gasteiger partial charge is 0.481 e. The van der Waals surface area contributed by atoms with Crippen LogP contribution < -0.4 is 9.64 Å². The van der Waals surface area contributed by atoms with Crippen LogP contribution in [0.1, 0.15) is 12.5 Å². The molecule has 5 heteroatoms. The molecule has 0 aliphatic rings. The standard InChI is InChI=1S/C19H23ClN2O2/c1-14(24-18-7-5-6-16(20)12-18)19(23)22(4)13-15-8-10-17(11-9-15)21(2)3/h5-12,14H,13H2,1-4H3/t14-/m0/s1. The van der Waals surface area contributed by atoms with E-state index in [2.05, 4.69) is 0 Å². The summed E-state index contributed by atoms with van der Waals surface area (Å²) in [6.07, 6.45) is -0.575. The third-order valence-corrected chi connectivity index (χ3v) is 3.94. The predicted octanol–water partition coefficient (Wildman–Crippen LogP) is 3.83. The van der Waals surface area contributed by atoms with E-state index in [0.29, 0.717) is 17.3 Å². The Balaban J connectivity index is 1.95. The van der Waals surface area contributed by atoms with E-state index in [1.54, 1.807) is 43.1 Å². The molecule has 0 saturated carbocycles. The van der Waals surface area contributed by atoms with Gasteiger partial charge in [0.15, 0.2) is 6.10 Å². The highest BCUT2D eigenvalue weighted by Gasteiger charge is 2.19. The maximum absolute atomic E-state index is 12.5. The lowest BCUT2D eigenvalue weighted by molar-refractivity contribution is -0.137. The minimum absolute atomic E-state index is 0.0772. The zero-order chi connectivity index (χ0) is 17.7. The van der Waals surface area contributed by atoms with Gasteiger partial charge in [0.25, 0.3) is 5.91 Å². The van der Waals surface area contributed by atoms with Crippen LogP contribution in [0.5, 0.6) is 5.75 Å². The Bertz CT molecular complexity index is 686. The average molecular weight is 347 g/mol. The number of rotatable bonds is 6. The summed E-state index contributed by atoms with van der Waals surface area (Å²) in [6.45, 7) is 2.28. The molecule has 24 heavy (non-hydrogen) atoms. The second-order valence-corrected chi connectivity index (χ2v) is 6.41. The zero-order valence-corrected chi connectivity index (χ0v) is 15.2. The van der Waals surface area contributed by atoms with Gasteiger partial charge >= 0.3 is 0 Å². The summed E-state index contributed by atoms with van der Waals surface area (Å²) in [7, 11) is 5.78. The van der Waals surface area contributed by atoms with E-state index < -0.39 is 6.10 Å². The fourth-order valence-corrected chi connectivity index (χ4v) is 2.54. The molecule has 4 nitrogen and oxygen atoms in total. The Labute approximate surface area is 148 Å². The van der Waals surface area contributed by atoms with Gasteiger partial charge in [-0.25, -0.2) is 0 Å². The molecule has 0 bridgehead atoms. The zero-order valence-electron chi connectivity index (χ0n) is 14.5. The number of likely N-dealkylation sites (N-methyl/N-ethyl adjacent to an activating group) is 1. The van der Waals surface area contributed by atoms with Crippen molar-refractivity contribution in [2.45, 2.75) is 19.6 Å². The summed E-state index contributed by atoms with van der Waals surface area (Å²) in [5, 5.41) is 0.585. The minimum Gasteiger partial charge on any atom is -0.481 e. The molecule has 1 amide bonds. The molecule has 0 aromatic heterocycles.